The molecule has 0 spiro atoms. The minimum absolute atomic E-state index is 0.0108. The summed E-state index contributed by atoms with van der Waals surface area (Å²) < 4.78 is 1.74. The van der Waals surface area contributed by atoms with Gasteiger partial charge in [-0.15, -0.1) is 0 Å². The maximum atomic E-state index is 12.5. The third-order valence-corrected chi connectivity index (χ3v) is 4.43. The van der Waals surface area contributed by atoms with Crippen LogP contribution in [0.25, 0.3) is 0 Å². The predicted octanol–water partition coefficient (Wildman–Crippen LogP) is 1.30. The van der Waals surface area contributed by atoms with Crippen molar-refractivity contribution in [2.24, 2.45) is 7.05 Å². The van der Waals surface area contributed by atoms with Crippen LogP contribution in [0.5, 0.6) is 0 Å². The number of aryl methyl sites for hydroxylation is 1. The highest BCUT2D eigenvalue weighted by atomic mass is 32.1. The van der Waals surface area contributed by atoms with Crippen molar-refractivity contribution in [3.63, 3.8) is 0 Å². The fraction of sp³-hybridized carbons (Fsp3) is 0.429. The van der Waals surface area contributed by atoms with Crippen molar-refractivity contribution >= 4 is 17.2 Å². The number of thiophene rings is 1. The van der Waals surface area contributed by atoms with E-state index in [1.807, 2.05) is 30.1 Å². The second-order valence-corrected chi connectivity index (χ2v) is 5.94. The van der Waals surface area contributed by atoms with Crippen molar-refractivity contribution in [1.82, 2.24) is 14.7 Å². The lowest BCUT2D eigenvalue weighted by Crippen LogP contribution is -2.40. The SMILES string of the molecule is Cn1cc(C[C@@H]2[C@@H](O)CCN2C(=O)c2ccsc2)cn1. The summed E-state index contributed by atoms with van der Waals surface area (Å²) in [7, 11) is 1.86. The molecule has 6 heteroatoms. The summed E-state index contributed by atoms with van der Waals surface area (Å²) in [5.74, 6) is 0.0108. The zero-order chi connectivity index (χ0) is 14.1. The Morgan fingerprint density at radius 2 is 2.45 bits per heavy atom. The van der Waals surface area contributed by atoms with Crippen molar-refractivity contribution in [3.05, 3.63) is 40.3 Å². The monoisotopic (exact) mass is 291 g/mol. The summed E-state index contributed by atoms with van der Waals surface area (Å²) >= 11 is 1.51. The van der Waals surface area contributed by atoms with Crippen LogP contribution >= 0.6 is 11.3 Å². The molecule has 1 aliphatic heterocycles. The predicted molar refractivity (Wildman–Crippen MR) is 76.7 cm³/mol. The number of amides is 1. The number of rotatable bonds is 3. The molecule has 2 atom stereocenters. The average molecular weight is 291 g/mol. The lowest BCUT2D eigenvalue weighted by atomic mass is 10.0. The van der Waals surface area contributed by atoms with Gasteiger partial charge < -0.3 is 10.0 Å². The third-order valence-electron chi connectivity index (χ3n) is 3.74. The van der Waals surface area contributed by atoms with Crippen LogP contribution in [0.4, 0.5) is 0 Å². The molecule has 3 heterocycles. The molecule has 3 rings (SSSR count). The molecule has 0 bridgehead atoms. The van der Waals surface area contributed by atoms with Gasteiger partial charge in [0.15, 0.2) is 0 Å². The first kappa shape index (κ1) is 13.3. The van der Waals surface area contributed by atoms with E-state index in [1.54, 1.807) is 15.8 Å². The number of aromatic nitrogens is 2. The minimum Gasteiger partial charge on any atom is -0.391 e. The van der Waals surface area contributed by atoms with Crippen molar-refractivity contribution in [2.45, 2.75) is 25.0 Å². The van der Waals surface area contributed by atoms with E-state index >= 15 is 0 Å². The first-order valence-electron chi connectivity index (χ1n) is 6.64. The topological polar surface area (TPSA) is 58.4 Å². The average Bonchev–Trinajstić information content (AvgIpc) is 3.13. The lowest BCUT2D eigenvalue weighted by molar-refractivity contribution is 0.0640. The van der Waals surface area contributed by atoms with E-state index in [1.165, 1.54) is 11.3 Å². The van der Waals surface area contributed by atoms with Crippen LogP contribution in [0.1, 0.15) is 22.3 Å². The highest BCUT2D eigenvalue weighted by Crippen LogP contribution is 2.24. The van der Waals surface area contributed by atoms with E-state index in [-0.39, 0.29) is 11.9 Å². The van der Waals surface area contributed by atoms with E-state index in [0.29, 0.717) is 24.9 Å². The van der Waals surface area contributed by atoms with E-state index < -0.39 is 6.10 Å². The summed E-state index contributed by atoms with van der Waals surface area (Å²) in [6, 6.07) is 1.67. The fourth-order valence-electron chi connectivity index (χ4n) is 2.71. The van der Waals surface area contributed by atoms with Crippen LogP contribution in [-0.2, 0) is 13.5 Å². The maximum Gasteiger partial charge on any atom is 0.255 e. The van der Waals surface area contributed by atoms with Crippen molar-refractivity contribution in [2.75, 3.05) is 6.54 Å². The van der Waals surface area contributed by atoms with Gasteiger partial charge in [-0.2, -0.15) is 16.4 Å². The molecule has 5 nitrogen and oxygen atoms in total. The highest BCUT2D eigenvalue weighted by molar-refractivity contribution is 7.08. The smallest absolute Gasteiger partial charge is 0.255 e. The summed E-state index contributed by atoms with van der Waals surface area (Å²) in [5, 5.41) is 18.0. The Hall–Kier alpha value is -1.66. The third kappa shape index (κ3) is 2.48. The maximum absolute atomic E-state index is 12.5. The molecular formula is C14H17N3O2S. The number of aliphatic hydroxyl groups excluding tert-OH is 1. The summed E-state index contributed by atoms with van der Waals surface area (Å²) in [5.41, 5.74) is 1.75. The first-order valence-corrected chi connectivity index (χ1v) is 7.58. The Labute approximate surface area is 121 Å². The zero-order valence-corrected chi connectivity index (χ0v) is 12.1. The van der Waals surface area contributed by atoms with Crippen LogP contribution in [0, 0.1) is 0 Å². The molecule has 1 N–H and O–H groups in total. The number of likely N-dealkylation sites (tertiary alicyclic amines) is 1. The molecule has 1 saturated heterocycles. The van der Waals surface area contributed by atoms with Crippen molar-refractivity contribution in [1.29, 1.82) is 0 Å². The van der Waals surface area contributed by atoms with E-state index in [9.17, 15) is 9.90 Å². The Bertz CT molecular complexity index is 593. The number of carbonyl (C=O) groups excluding carboxylic acids is 1. The van der Waals surface area contributed by atoms with Crippen LogP contribution < -0.4 is 0 Å². The second-order valence-electron chi connectivity index (χ2n) is 5.16. The van der Waals surface area contributed by atoms with Crippen molar-refractivity contribution in [3.8, 4) is 0 Å². The molecular weight excluding hydrogens is 274 g/mol. The minimum atomic E-state index is -0.460. The van der Waals surface area contributed by atoms with Gasteiger partial charge in [-0.05, 0) is 29.9 Å². The molecule has 20 heavy (non-hydrogen) atoms. The number of carbonyl (C=O) groups is 1. The molecule has 0 unspecified atom stereocenters. The van der Waals surface area contributed by atoms with Gasteiger partial charge >= 0.3 is 0 Å². The molecule has 0 aromatic carbocycles. The Balaban J connectivity index is 1.78. The van der Waals surface area contributed by atoms with E-state index in [4.69, 9.17) is 0 Å². The lowest BCUT2D eigenvalue weighted by Gasteiger charge is -2.25. The molecule has 0 aliphatic carbocycles. The summed E-state index contributed by atoms with van der Waals surface area (Å²) in [6.07, 6.45) is 4.54. The fourth-order valence-corrected chi connectivity index (χ4v) is 3.34. The van der Waals surface area contributed by atoms with Gasteiger partial charge in [-0.1, -0.05) is 0 Å². The van der Waals surface area contributed by atoms with Crippen molar-refractivity contribution < 1.29 is 9.90 Å². The van der Waals surface area contributed by atoms with Crippen LogP contribution in [-0.4, -0.2) is 44.4 Å². The normalized spacial score (nSPS) is 22.4. The molecule has 0 radical (unpaired) electrons. The second kappa shape index (κ2) is 5.38. The van der Waals surface area contributed by atoms with Gasteiger partial charge in [-0.25, -0.2) is 0 Å². The quantitative estimate of drug-likeness (QED) is 0.927. The number of hydrogen-bond donors (Lipinski definition) is 1. The van der Waals surface area contributed by atoms with Gasteiger partial charge in [0.1, 0.15) is 0 Å². The molecule has 1 aliphatic rings. The molecule has 2 aromatic rings. The molecule has 1 fully saturated rings. The van der Waals surface area contributed by atoms with Gasteiger partial charge in [0.25, 0.3) is 5.91 Å². The Morgan fingerprint density at radius 3 is 3.10 bits per heavy atom. The molecule has 0 saturated carbocycles. The molecule has 2 aromatic heterocycles. The van der Waals surface area contributed by atoms with Crippen LogP contribution in [0.3, 0.4) is 0 Å². The standard InChI is InChI=1S/C14H17N3O2S/c1-16-8-10(7-15-16)6-12-13(18)2-4-17(12)14(19)11-3-5-20-9-11/h3,5,7-9,12-13,18H,2,4,6H2,1H3/t12-,13+/m1/s1. The zero-order valence-electron chi connectivity index (χ0n) is 11.3. The van der Waals surface area contributed by atoms with Gasteiger partial charge in [0, 0.05) is 25.2 Å². The first-order chi connectivity index (χ1) is 9.65. The van der Waals surface area contributed by atoms with E-state index in [2.05, 4.69) is 5.10 Å². The molecule has 1 amide bonds. The summed E-state index contributed by atoms with van der Waals surface area (Å²) in [4.78, 5) is 14.3. The Kier molecular flexibility index (Phi) is 3.58. The highest BCUT2D eigenvalue weighted by Gasteiger charge is 2.36. The number of hydrogen-bond acceptors (Lipinski definition) is 4. The van der Waals surface area contributed by atoms with Gasteiger partial charge in [0.2, 0.25) is 0 Å². The number of aliphatic hydroxyl groups is 1. The number of nitrogens with zero attached hydrogens (tertiary/aromatic N) is 3. The van der Waals surface area contributed by atoms with Crippen LogP contribution in [0.2, 0.25) is 0 Å². The van der Waals surface area contributed by atoms with Gasteiger partial charge in [-0.3, -0.25) is 9.48 Å². The Morgan fingerprint density at radius 1 is 1.60 bits per heavy atom. The molecule has 106 valence electrons. The largest absolute Gasteiger partial charge is 0.391 e. The van der Waals surface area contributed by atoms with E-state index in [0.717, 1.165) is 5.56 Å². The summed E-state index contributed by atoms with van der Waals surface area (Å²) in [6.45, 7) is 0.612. The van der Waals surface area contributed by atoms with Crippen LogP contribution in [0.15, 0.2) is 29.2 Å². The van der Waals surface area contributed by atoms with Gasteiger partial charge in [0.05, 0.1) is 23.9 Å².